The Morgan fingerprint density at radius 1 is 1.19 bits per heavy atom. The van der Waals surface area contributed by atoms with Gasteiger partial charge in [0.1, 0.15) is 5.82 Å². The van der Waals surface area contributed by atoms with E-state index in [4.69, 9.17) is 0 Å². The molecule has 2 aromatic carbocycles. The van der Waals surface area contributed by atoms with E-state index in [2.05, 4.69) is 4.90 Å². The molecule has 3 rings (SSSR count). The molecular weight excluding hydrogens is 265 g/mol. The zero-order valence-electron chi connectivity index (χ0n) is 12.1. The number of benzene rings is 2. The molecule has 0 radical (unpaired) electrons. The van der Waals surface area contributed by atoms with Gasteiger partial charge < -0.3 is 4.90 Å². The van der Waals surface area contributed by atoms with Gasteiger partial charge in [0.05, 0.1) is 0 Å². The van der Waals surface area contributed by atoms with Crippen LogP contribution in [0.3, 0.4) is 0 Å². The Labute approximate surface area is 124 Å². The summed E-state index contributed by atoms with van der Waals surface area (Å²) < 4.78 is 13.3. The first-order chi connectivity index (χ1) is 10.1. The van der Waals surface area contributed by atoms with Gasteiger partial charge in [0.25, 0.3) is 0 Å². The molecule has 0 unspecified atom stereocenters. The summed E-state index contributed by atoms with van der Waals surface area (Å²) >= 11 is 0. The van der Waals surface area contributed by atoms with E-state index in [1.54, 1.807) is 6.07 Å². The molecule has 1 aliphatic heterocycles. The average molecular weight is 283 g/mol. The highest BCUT2D eigenvalue weighted by Gasteiger charge is 2.20. The minimum Gasteiger partial charge on any atom is -0.370 e. The second kappa shape index (κ2) is 5.68. The summed E-state index contributed by atoms with van der Waals surface area (Å²) in [4.78, 5) is 14.3. The van der Waals surface area contributed by atoms with E-state index < -0.39 is 0 Å². The van der Waals surface area contributed by atoms with Gasteiger partial charge >= 0.3 is 0 Å². The lowest BCUT2D eigenvalue weighted by Crippen LogP contribution is -2.24. The van der Waals surface area contributed by atoms with E-state index in [0.29, 0.717) is 13.0 Å². The number of anilines is 1. The number of halogens is 1. The Morgan fingerprint density at radius 2 is 1.95 bits per heavy atom. The molecule has 0 saturated heterocycles. The van der Waals surface area contributed by atoms with Crippen molar-refractivity contribution in [1.29, 1.82) is 0 Å². The van der Waals surface area contributed by atoms with Crippen molar-refractivity contribution >= 4 is 11.5 Å². The smallest absolute Gasteiger partial charge is 0.164 e. The molecule has 3 heteroatoms. The number of carbonyl (C=O) groups is 1. The number of aryl methyl sites for hydroxylation is 1. The molecule has 0 saturated carbocycles. The number of hydrogen-bond donors (Lipinski definition) is 0. The maximum absolute atomic E-state index is 13.3. The zero-order chi connectivity index (χ0) is 14.8. The number of ketones is 1. The fourth-order valence-corrected chi connectivity index (χ4v) is 2.77. The molecule has 21 heavy (non-hydrogen) atoms. The number of carbonyl (C=O) groups excluding carboxylic acids is 1. The van der Waals surface area contributed by atoms with Crippen LogP contribution in [0.4, 0.5) is 10.1 Å². The first kappa shape index (κ1) is 13.8. The van der Waals surface area contributed by atoms with Gasteiger partial charge in [-0.05, 0) is 31.0 Å². The Hall–Kier alpha value is -2.16. The van der Waals surface area contributed by atoms with Gasteiger partial charge in [-0.3, -0.25) is 4.79 Å². The lowest BCUT2D eigenvalue weighted by Gasteiger charge is -2.18. The SMILES string of the molecule is Cc1ccc(C(=O)CCN2CCc3ccc(F)cc32)cc1. The van der Waals surface area contributed by atoms with Gasteiger partial charge in [-0.1, -0.05) is 35.9 Å². The summed E-state index contributed by atoms with van der Waals surface area (Å²) in [5, 5.41) is 0. The van der Waals surface area contributed by atoms with E-state index in [9.17, 15) is 9.18 Å². The van der Waals surface area contributed by atoms with Crippen molar-refractivity contribution in [3.05, 3.63) is 65.0 Å². The molecule has 108 valence electrons. The van der Waals surface area contributed by atoms with Crippen LogP contribution in [-0.4, -0.2) is 18.9 Å². The van der Waals surface area contributed by atoms with E-state index in [0.717, 1.165) is 29.8 Å². The lowest BCUT2D eigenvalue weighted by molar-refractivity contribution is 0.0984. The van der Waals surface area contributed by atoms with E-state index >= 15 is 0 Å². The maximum Gasteiger partial charge on any atom is 0.164 e. The normalized spacial score (nSPS) is 13.3. The van der Waals surface area contributed by atoms with Crippen LogP contribution in [0.5, 0.6) is 0 Å². The second-order valence-corrected chi connectivity index (χ2v) is 5.55. The highest BCUT2D eigenvalue weighted by molar-refractivity contribution is 5.96. The second-order valence-electron chi connectivity index (χ2n) is 5.55. The van der Waals surface area contributed by atoms with E-state index in [1.165, 1.54) is 11.6 Å². The largest absolute Gasteiger partial charge is 0.370 e. The molecule has 2 nitrogen and oxygen atoms in total. The van der Waals surface area contributed by atoms with Gasteiger partial charge in [0.2, 0.25) is 0 Å². The van der Waals surface area contributed by atoms with Crippen molar-refractivity contribution in [3.8, 4) is 0 Å². The molecule has 0 aromatic heterocycles. The third-order valence-corrected chi connectivity index (χ3v) is 4.02. The van der Waals surface area contributed by atoms with Crippen molar-refractivity contribution in [2.24, 2.45) is 0 Å². The topological polar surface area (TPSA) is 20.3 Å². The monoisotopic (exact) mass is 283 g/mol. The summed E-state index contributed by atoms with van der Waals surface area (Å²) in [5.74, 6) is -0.0784. The number of Topliss-reactive ketones (excluding diaryl/α,β-unsaturated/α-hetero) is 1. The molecule has 0 aliphatic carbocycles. The highest BCUT2D eigenvalue weighted by Crippen LogP contribution is 2.28. The molecule has 2 aromatic rings. The molecule has 0 bridgehead atoms. The summed E-state index contributed by atoms with van der Waals surface area (Å²) in [6, 6.07) is 12.6. The Morgan fingerprint density at radius 3 is 2.71 bits per heavy atom. The fourth-order valence-electron chi connectivity index (χ4n) is 2.77. The van der Waals surface area contributed by atoms with E-state index in [-0.39, 0.29) is 11.6 Å². The van der Waals surface area contributed by atoms with Crippen molar-refractivity contribution in [2.75, 3.05) is 18.0 Å². The van der Waals surface area contributed by atoms with Gasteiger partial charge in [0.15, 0.2) is 5.78 Å². The Balaban J connectivity index is 1.65. The van der Waals surface area contributed by atoms with Gasteiger partial charge in [0, 0.05) is 30.8 Å². The van der Waals surface area contributed by atoms with Crippen LogP contribution in [0.1, 0.15) is 27.9 Å². The van der Waals surface area contributed by atoms with Gasteiger partial charge in [-0.15, -0.1) is 0 Å². The van der Waals surface area contributed by atoms with Crippen LogP contribution in [0, 0.1) is 12.7 Å². The summed E-state index contributed by atoms with van der Waals surface area (Å²) in [6.07, 6.45) is 1.38. The third-order valence-electron chi connectivity index (χ3n) is 4.02. The molecular formula is C18H18FNO. The highest BCUT2D eigenvalue weighted by atomic mass is 19.1. The zero-order valence-corrected chi connectivity index (χ0v) is 12.1. The maximum atomic E-state index is 13.3. The predicted molar refractivity (Wildman–Crippen MR) is 82.4 cm³/mol. The van der Waals surface area contributed by atoms with Gasteiger partial charge in [-0.2, -0.15) is 0 Å². The first-order valence-corrected chi connectivity index (χ1v) is 7.27. The van der Waals surface area contributed by atoms with Crippen molar-refractivity contribution in [3.63, 3.8) is 0 Å². The van der Waals surface area contributed by atoms with Crippen LogP contribution >= 0.6 is 0 Å². The minimum atomic E-state index is -0.217. The summed E-state index contributed by atoms with van der Waals surface area (Å²) in [5.41, 5.74) is 4.00. The number of fused-ring (bicyclic) bond motifs is 1. The van der Waals surface area contributed by atoms with E-state index in [1.807, 2.05) is 37.3 Å². The molecule has 1 aliphatic rings. The van der Waals surface area contributed by atoms with Crippen LogP contribution in [0.25, 0.3) is 0 Å². The first-order valence-electron chi connectivity index (χ1n) is 7.27. The number of nitrogens with zero attached hydrogens (tertiary/aromatic N) is 1. The molecule has 0 amide bonds. The van der Waals surface area contributed by atoms with Gasteiger partial charge in [-0.25, -0.2) is 4.39 Å². The average Bonchev–Trinajstić information content (AvgIpc) is 2.88. The fraction of sp³-hybridized carbons (Fsp3) is 0.278. The predicted octanol–water partition coefficient (Wildman–Crippen LogP) is 3.77. The quantitative estimate of drug-likeness (QED) is 0.796. The summed E-state index contributed by atoms with van der Waals surface area (Å²) in [7, 11) is 0. The Bertz CT molecular complexity index is 663. The molecule has 0 N–H and O–H groups in total. The minimum absolute atomic E-state index is 0.139. The number of rotatable bonds is 4. The Kier molecular flexibility index (Phi) is 3.74. The van der Waals surface area contributed by atoms with Crippen LogP contribution in [-0.2, 0) is 6.42 Å². The number of hydrogen-bond acceptors (Lipinski definition) is 2. The molecule has 0 spiro atoms. The summed E-state index contributed by atoms with van der Waals surface area (Å²) in [6.45, 7) is 3.51. The standard InChI is InChI=1S/C18H18FNO/c1-13-2-4-15(5-3-13)18(21)9-11-20-10-8-14-6-7-16(19)12-17(14)20/h2-7,12H,8-11H2,1H3. The van der Waals surface area contributed by atoms with Crippen LogP contribution in [0.2, 0.25) is 0 Å². The van der Waals surface area contributed by atoms with Crippen molar-refractivity contribution in [2.45, 2.75) is 19.8 Å². The van der Waals surface area contributed by atoms with Crippen LogP contribution in [0.15, 0.2) is 42.5 Å². The van der Waals surface area contributed by atoms with Crippen LogP contribution < -0.4 is 4.90 Å². The molecule has 0 atom stereocenters. The lowest BCUT2D eigenvalue weighted by atomic mass is 10.1. The third kappa shape index (κ3) is 2.97. The van der Waals surface area contributed by atoms with Crippen molar-refractivity contribution < 1.29 is 9.18 Å². The molecule has 0 fully saturated rings. The molecule has 1 heterocycles. The van der Waals surface area contributed by atoms with Crippen molar-refractivity contribution in [1.82, 2.24) is 0 Å².